The molecule has 0 atom stereocenters. The second-order valence-electron chi connectivity index (χ2n) is 6.56. The highest BCUT2D eigenvalue weighted by molar-refractivity contribution is 6.32. The van der Waals surface area contributed by atoms with Gasteiger partial charge in [0.05, 0.1) is 10.5 Å². The Labute approximate surface area is 174 Å². The Balaban J connectivity index is 1.83. The summed E-state index contributed by atoms with van der Waals surface area (Å²) in [6.07, 6.45) is -3.42. The first-order chi connectivity index (χ1) is 14.7. The summed E-state index contributed by atoms with van der Waals surface area (Å²) < 4.78 is 46.3. The standard InChI is InChI=1S/C18H9ClF3N7O2/c1-7-5-9-14(26-28-25-9)12-13(7)24-16(31-17(12)30)10-6-11(18(20,21)22)27-29(10)15-8(19)3-2-4-23-15/h2-6H,1H3,(H,25,26,28). The molecule has 0 fully saturated rings. The number of H-pyrrole nitrogens is 1. The fourth-order valence-electron chi connectivity index (χ4n) is 3.19. The average molecular weight is 448 g/mol. The van der Waals surface area contributed by atoms with Crippen LogP contribution < -0.4 is 5.63 Å². The number of aromatic amines is 1. The Kier molecular flexibility index (Phi) is 4.09. The summed E-state index contributed by atoms with van der Waals surface area (Å²) >= 11 is 6.11. The van der Waals surface area contributed by atoms with Crippen molar-refractivity contribution < 1.29 is 17.6 Å². The number of hydrogen-bond acceptors (Lipinski definition) is 7. The largest absolute Gasteiger partial charge is 0.435 e. The van der Waals surface area contributed by atoms with Crippen LogP contribution in [0.25, 0.3) is 39.3 Å². The zero-order valence-electron chi connectivity index (χ0n) is 15.4. The highest BCUT2D eigenvalue weighted by Crippen LogP contribution is 2.34. The molecule has 5 rings (SSSR count). The molecule has 4 aromatic heterocycles. The Bertz CT molecular complexity index is 1540. The van der Waals surface area contributed by atoms with Gasteiger partial charge in [-0.15, -0.1) is 5.10 Å². The molecule has 0 saturated heterocycles. The topological polar surface area (TPSA) is 115 Å². The van der Waals surface area contributed by atoms with Gasteiger partial charge < -0.3 is 4.42 Å². The van der Waals surface area contributed by atoms with Gasteiger partial charge in [0.2, 0.25) is 5.89 Å². The first-order valence-corrected chi connectivity index (χ1v) is 9.05. The Hall–Kier alpha value is -3.80. The summed E-state index contributed by atoms with van der Waals surface area (Å²) in [5.41, 5.74) is -0.773. The summed E-state index contributed by atoms with van der Waals surface area (Å²) in [5.74, 6) is -0.457. The molecule has 0 aliphatic heterocycles. The third kappa shape index (κ3) is 3.03. The zero-order valence-corrected chi connectivity index (χ0v) is 16.2. The van der Waals surface area contributed by atoms with Crippen LogP contribution in [0.15, 0.2) is 39.7 Å². The molecule has 0 amide bonds. The molecule has 0 aliphatic carbocycles. The van der Waals surface area contributed by atoms with Crippen molar-refractivity contribution >= 4 is 33.5 Å². The molecule has 13 heteroatoms. The maximum atomic E-state index is 13.4. The molecule has 0 aliphatic rings. The molecule has 5 aromatic rings. The maximum Gasteiger partial charge on any atom is 0.435 e. The Morgan fingerprint density at radius 1 is 1.26 bits per heavy atom. The molecule has 156 valence electrons. The van der Waals surface area contributed by atoms with Crippen LogP contribution in [-0.4, -0.2) is 35.2 Å². The number of halogens is 4. The van der Waals surface area contributed by atoms with E-state index >= 15 is 0 Å². The molecule has 0 radical (unpaired) electrons. The fraction of sp³-hybridized carbons (Fsp3) is 0.111. The molecule has 0 saturated carbocycles. The van der Waals surface area contributed by atoms with E-state index in [9.17, 15) is 18.0 Å². The SMILES string of the molecule is Cc1cc2nn[nH]c2c2c(=O)oc(-c3cc(C(F)(F)F)nn3-c3ncccc3Cl)nc12. The van der Waals surface area contributed by atoms with Crippen LogP contribution in [-0.2, 0) is 6.18 Å². The van der Waals surface area contributed by atoms with Gasteiger partial charge in [0.1, 0.15) is 22.1 Å². The normalized spacial score (nSPS) is 12.2. The predicted molar refractivity (Wildman–Crippen MR) is 103 cm³/mol. The molecule has 1 N–H and O–H groups in total. The number of nitrogens with one attached hydrogen (secondary N) is 1. The van der Waals surface area contributed by atoms with Gasteiger partial charge in [0.15, 0.2) is 11.5 Å². The quantitative estimate of drug-likeness (QED) is 0.438. The lowest BCUT2D eigenvalue weighted by atomic mass is 10.1. The van der Waals surface area contributed by atoms with Crippen LogP contribution >= 0.6 is 11.6 Å². The summed E-state index contributed by atoms with van der Waals surface area (Å²) in [7, 11) is 0. The van der Waals surface area contributed by atoms with Crippen molar-refractivity contribution in [3.8, 4) is 17.4 Å². The molecular formula is C18H9ClF3N7O2. The average Bonchev–Trinajstić information content (AvgIpc) is 3.35. The monoisotopic (exact) mass is 447 g/mol. The highest BCUT2D eigenvalue weighted by Gasteiger charge is 2.36. The molecule has 1 aromatic carbocycles. The fourth-order valence-corrected chi connectivity index (χ4v) is 3.39. The summed E-state index contributed by atoms with van der Waals surface area (Å²) in [6, 6.07) is 5.32. The van der Waals surface area contributed by atoms with Gasteiger partial charge >= 0.3 is 11.8 Å². The van der Waals surface area contributed by atoms with Crippen LogP contribution in [0.3, 0.4) is 0 Å². The van der Waals surface area contributed by atoms with Crippen LogP contribution in [0.5, 0.6) is 0 Å². The summed E-state index contributed by atoms with van der Waals surface area (Å²) in [5, 5.41) is 13.8. The van der Waals surface area contributed by atoms with Crippen LogP contribution in [0, 0.1) is 6.92 Å². The lowest BCUT2D eigenvalue weighted by molar-refractivity contribution is -0.141. The third-order valence-electron chi connectivity index (χ3n) is 4.55. The van der Waals surface area contributed by atoms with Crippen molar-refractivity contribution in [2.75, 3.05) is 0 Å². The Morgan fingerprint density at radius 3 is 2.81 bits per heavy atom. The first kappa shape index (κ1) is 19.2. The smallest absolute Gasteiger partial charge is 0.401 e. The number of benzene rings is 1. The van der Waals surface area contributed by atoms with Gasteiger partial charge in [-0.3, -0.25) is 5.10 Å². The van der Waals surface area contributed by atoms with Crippen molar-refractivity contribution in [3.63, 3.8) is 0 Å². The van der Waals surface area contributed by atoms with E-state index in [4.69, 9.17) is 16.0 Å². The van der Waals surface area contributed by atoms with Gasteiger partial charge in [-0.1, -0.05) is 16.8 Å². The van der Waals surface area contributed by atoms with E-state index < -0.39 is 17.5 Å². The van der Waals surface area contributed by atoms with E-state index in [-0.39, 0.29) is 33.3 Å². The van der Waals surface area contributed by atoms with E-state index in [0.29, 0.717) is 22.7 Å². The van der Waals surface area contributed by atoms with Crippen molar-refractivity contribution in [1.29, 1.82) is 0 Å². The molecular weight excluding hydrogens is 439 g/mol. The number of aromatic nitrogens is 7. The van der Waals surface area contributed by atoms with Gasteiger partial charge in [-0.2, -0.15) is 18.3 Å². The third-order valence-corrected chi connectivity index (χ3v) is 4.85. The minimum Gasteiger partial charge on any atom is -0.401 e. The predicted octanol–water partition coefficient (Wildman–Crippen LogP) is 3.69. The number of fused-ring (bicyclic) bond motifs is 3. The van der Waals surface area contributed by atoms with E-state index in [1.165, 1.54) is 18.3 Å². The van der Waals surface area contributed by atoms with E-state index in [1.807, 2.05) is 0 Å². The number of rotatable bonds is 2. The minimum atomic E-state index is -4.76. The van der Waals surface area contributed by atoms with Crippen molar-refractivity contribution in [2.24, 2.45) is 0 Å². The summed E-state index contributed by atoms with van der Waals surface area (Å²) in [4.78, 5) is 21.1. The second-order valence-corrected chi connectivity index (χ2v) is 6.97. The van der Waals surface area contributed by atoms with Gasteiger partial charge in [-0.05, 0) is 30.7 Å². The van der Waals surface area contributed by atoms with Crippen molar-refractivity contribution in [2.45, 2.75) is 13.1 Å². The molecule has 0 spiro atoms. The number of aryl methyl sites for hydroxylation is 1. The first-order valence-electron chi connectivity index (χ1n) is 8.68. The van der Waals surface area contributed by atoms with E-state index in [1.54, 1.807) is 13.0 Å². The van der Waals surface area contributed by atoms with E-state index in [0.717, 1.165) is 4.68 Å². The number of hydrogen-bond donors (Lipinski definition) is 1. The number of alkyl halides is 3. The highest BCUT2D eigenvalue weighted by atomic mass is 35.5. The molecule has 0 unspecified atom stereocenters. The van der Waals surface area contributed by atoms with Crippen LogP contribution in [0.4, 0.5) is 13.2 Å². The molecule has 0 bridgehead atoms. The molecule has 31 heavy (non-hydrogen) atoms. The van der Waals surface area contributed by atoms with Gasteiger partial charge in [0, 0.05) is 12.3 Å². The lowest BCUT2D eigenvalue weighted by Crippen LogP contribution is -2.09. The van der Waals surface area contributed by atoms with Crippen molar-refractivity contribution in [1.82, 2.24) is 35.2 Å². The van der Waals surface area contributed by atoms with Crippen LogP contribution in [0.1, 0.15) is 11.3 Å². The van der Waals surface area contributed by atoms with Gasteiger partial charge in [-0.25, -0.2) is 19.4 Å². The minimum absolute atomic E-state index is 0.0464. The number of pyridine rings is 1. The van der Waals surface area contributed by atoms with E-state index in [2.05, 4.69) is 30.5 Å². The maximum absolute atomic E-state index is 13.4. The Morgan fingerprint density at radius 2 is 2.06 bits per heavy atom. The lowest BCUT2D eigenvalue weighted by Gasteiger charge is -2.08. The number of nitrogens with zero attached hydrogens (tertiary/aromatic N) is 6. The molecule has 4 heterocycles. The summed E-state index contributed by atoms with van der Waals surface area (Å²) in [6.45, 7) is 1.68. The van der Waals surface area contributed by atoms with Crippen molar-refractivity contribution in [3.05, 3.63) is 57.2 Å². The van der Waals surface area contributed by atoms with Crippen LogP contribution in [0.2, 0.25) is 5.02 Å². The van der Waals surface area contributed by atoms with Gasteiger partial charge in [0.25, 0.3) is 0 Å². The molecule has 9 nitrogen and oxygen atoms in total. The second kappa shape index (κ2) is 6.60. The zero-order chi connectivity index (χ0) is 21.9.